The number of rotatable bonds is 6. The van der Waals surface area contributed by atoms with Crippen LogP contribution < -0.4 is 0 Å². The van der Waals surface area contributed by atoms with Gasteiger partial charge in [0.05, 0.1) is 0 Å². The summed E-state index contributed by atoms with van der Waals surface area (Å²) in [5.41, 5.74) is 0. The number of hydrogen-bond acceptors (Lipinski definition) is 0. The van der Waals surface area contributed by atoms with Crippen molar-refractivity contribution < 1.29 is 0 Å². The van der Waals surface area contributed by atoms with E-state index in [0.717, 1.165) is 5.92 Å². The minimum absolute atomic E-state index is 0.966. The zero-order chi connectivity index (χ0) is 7.82. The van der Waals surface area contributed by atoms with Crippen LogP contribution in [0.1, 0.15) is 46.0 Å². The maximum atomic E-state index is 2.46. The van der Waals surface area contributed by atoms with Crippen LogP contribution in [0.25, 0.3) is 0 Å². The van der Waals surface area contributed by atoms with Crippen LogP contribution in [0.2, 0.25) is 0 Å². The van der Waals surface area contributed by atoms with E-state index in [-0.39, 0.29) is 0 Å². The van der Waals surface area contributed by atoms with E-state index < -0.39 is 0 Å². The lowest BCUT2D eigenvalue weighted by atomic mass is 10.00. The SMILES string of the molecule is CCCC(C)CCCCI. The van der Waals surface area contributed by atoms with E-state index in [1.54, 1.807) is 0 Å². The summed E-state index contributed by atoms with van der Waals surface area (Å²) in [6.07, 6.45) is 7.06. The second-order valence-electron chi connectivity index (χ2n) is 3.08. The molecule has 0 amide bonds. The molecule has 0 spiro atoms. The van der Waals surface area contributed by atoms with E-state index in [0.29, 0.717) is 0 Å². The van der Waals surface area contributed by atoms with E-state index in [4.69, 9.17) is 0 Å². The Kier molecular flexibility index (Phi) is 8.40. The first-order valence-corrected chi connectivity index (χ1v) is 5.89. The Morgan fingerprint density at radius 1 is 1.20 bits per heavy atom. The lowest BCUT2D eigenvalue weighted by molar-refractivity contribution is 0.468. The molecule has 0 aromatic heterocycles. The van der Waals surface area contributed by atoms with Crippen LogP contribution in [0.5, 0.6) is 0 Å². The molecule has 0 aromatic rings. The molecule has 1 heteroatoms. The first-order valence-electron chi connectivity index (χ1n) is 4.37. The van der Waals surface area contributed by atoms with Crippen molar-refractivity contribution in [3.05, 3.63) is 0 Å². The maximum Gasteiger partial charge on any atom is -0.000473 e. The Morgan fingerprint density at radius 2 is 1.90 bits per heavy atom. The molecule has 0 aliphatic rings. The zero-order valence-corrected chi connectivity index (χ0v) is 9.36. The highest BCUT2D eigenvalue weighted by Gasteiger charge is 1.98. The molecule has 0 aromatic carbocycles. The molecule has 1 atom stereocenters. The summed E-state index contributed by atoms with van der Waals surface area (Å²) in [6.45, 7) is 4.64. The first-order chi connectivity index (χ1) is 4.81. The molecule has 0 saturated heterocycles. The van der Waals surface area contributed by atoms with Crippen LogP contribution in [-0.2, 0) is 0 Å². The minimum Gasteiger partial charge on any atom is -0.0864 e. The van der Waals surface area contributed by atoms with Gasteiger partial charge in [0.25, 0.3) is 0 Å². The van der Waals surface area contributed by atoms with Crippen molar-refractivity contribution in [3.8, 4) is 0 Å². The maximum absolute atomic E-state index is 2.46. The van der Waals surface area contributed by atoms with Crippen LogP contribution in [0.15, 0.2) is 0 Å². The Bertz CT molecular complexity index is 61.7. The fraction of sp³-hybridized carbons (Fsp3) is 1.00. The van der Waals surface area contributed by atoms with Gasteiger partial charge in [0.15, 0.2) is 0 Å². The Balaban J connectivity index is 2.97. The van der Waals surface area contributed by atoms with Crippen LogP contribution in [0, 0.1) is 5.92 Å². The topological polar surface area (TPSA) is 0 Å². The van der Waals surface area contributed by atoms with Crippen LogP contribution in [0.4, 0.5) is 0 Å². The molecule has 1 unspecified atom stereocenters. The van der Waals surface area contributed by atoms with Crippen molar-refractivity contribution in [2.24, 2.45) is 5.92 Å². The van der Waals surface area contributed by atoms with E-state index in [9.17, 15) is 0 Å². The van der Waals surface area contributed by atoms with Gasteiger partial charge in [0.2, 0.25) is 0 Å². The predicted molar refractivity (Wildman–Crippen MR) is 56.8 cm³/mol. The minimum atomic E-state index is 0.966. The quantitative estimate of drug-likeness (QED) is 0.381. The normalized spacial score (nSPS) is 13.5. The van der Waals surface area contributed by atoms with Gasteiger partial charge in [-0.1, -0.05) is 62.1 Å². The van der Waals surface area contributed by atoms with Crippen molar-refractivity contribution >= 4 is 22.6 Å². The second-order valence-corrected chi connectivity index (χ2v) is 4.16. The molecular weight excluding hydrogens is 235 g/mol. The summed E-state index contributed by atoms with van der Waals surface area (Å²) in [7, 11) is 0. The molecule has 0 rings (SSSR count). The average molecular weight is 254 g/mol. The second kappa shape index (κ2) is 7.83. The van der Waals surface area contributed by atoms with Crippen LogP contribution in [0.3, 0.4) is 0 Å². The van der Waals surface area contributed by atoms with Crippen molar-refractivity contribution in [1.29, 1.82) is 0 Å². The smallest absolute Gasteiger partial charge is 0.000473 e. The average Bonchev–Trinajstić information content (AvgIpc) is 1.89. The molecule has 0 heterocycles. The molecule has 10 heavy (non-hydrogen) atoms. The molecular formula is C9H19I. The summed E-state index contributed by atoms with van der Waals surface area (Å²) in [6, 6.07) is 0. The molecule has 0 bridgehead atoms. The molecule has 0 fully saturated rings. The molecule has 0 N–H and O–H groups in total. The summed E-state index contributed by atoms with van der Waals surface area (Å²) in [5, 5.41) is 0. The van der Waals surface area contributed by atoms with Gasteiger partial charge < -0.3 is 0 Å². The molecule has 62 valence electrons. The summed E-state index contributed by atoms with van der Waals surface area (Å²) in [4.78, 5) is 0. The standard InChI is InChI=1S/C9H19I/c1-3-6-9(2)7-4-5-8-10/h9H,3-8H2,1-2H3. The fourth-order valence-corrected chi connectivity index (χ4v) is 1.76. The number of hydrogen-bond donors (Lipinski definition) is 0. The van der Waals surface area contributed by atoms with E-state index >= 15 is 0 Å². The van der Waals surface area contributed by atoms with E-state index in [1.165, 1.54) is 36.5 Å². The third kappa shape index (κ3) is 6.84. The predicted octanol–water partition coefficient (Wildman–Crippen LogP) is 4.03. The van der Waals surface area contributed by atoms with Gasteiger partial charge in [0, 0.05) is 0 Å². The number of unbranched alkanes of at least 4 members (excludes halogenated alkanes) is 1. The van der Waals surface area contributed by atoms with Gasteiger partial charge in [0.1, 0.15) is 0 Å². The highest BCUT2D eigenvalue weighted by molar-refractivity contribution is 14.1. The summed E-state index contributed by atoms with van der Waals surface area (Å²) in [5.74, 6) is 0.966. The third-order valence-corrected chi connectivity index (χ3v) is 2.62. The monoisotopic (exact) mass is 254 g/mol. The lowest BCUT2D eigenvalue weighted by Gasteiger charge is -2.07. The first kappa shape index (κ1) is 10.7. The largest absolute Gasteiger partial charge is 0.0864 e. The Morgan fingerprint density at radius 3 is 2.40 bits per heavy atom. The van der Waals surface area contributed by atoms with Crippen molar-refractivity contribution in [2.75, 3.05) is 4.43 Å². The van der Waals surface area contributed by atoms with E-state index in [1.807, 2.05) is 0 Å². The summed E-state index contributed by atoms with van der Waals surface area (Å²) >= 11 is 2.46. The van der Waals surface area contributed by atoms with Gasteiger partial charge in [-0.05, 0) is 16.8 Å². The highest BCUT2D eigenvalue weighted by atomic mass is 127. The van der Waals surface area contributed by atoms with Gasteiger partial charge >= 0.3 is 0 Å². The lowest BCUT2D eigenvalue weighted by Crippen LogP contribution is -1.93. The summed E-state index contributed by atoms with van der Waals surface area (Å²) < 4.78 is 1.33. The molecule has 0 radical (unpaired) electrons. The molecule has 0 nitrogen and oxygen atoms in total. The van der Waals surface area contributed by atoms with Crippen molar-refractivity contribution in [1.82, 2.24) is 0 Å². The highest BCUT2D eigenvalue weighted by Crippen LogP contribution is 2.13. The molecule has 0 aliphatic carbocycles. The van der Waals surface area contributed by atoms with Crippen molar-refractivity contribution in [2.45, 2.75) is 46.0 Å². The van der Waals surface area contributed by atoms with E-state index in [2.05, 4.69) is 36.4 Å². The molecule has 0 aliphatic heterocycles. The third-order valence-electron chi connectivity index (χ3n) is 1.86. The Labute approximate surface area is 78.9 Å². The van der Waals surface area contributed by atoms with Gasteiger partial charge in [-0.2, -0.15) is 0 Å². The van der Waals surface area contributed by atoms with Crippen molar-refractivity contribution in [3.63, 3.8) is 0 Å². The van der Waals surface area contributed by atoms with Gasteiger partial charge in [-0.15, -0.1) is 0 Å². The zero-order valence-electron chi connectivity index (χ0n) is 7.20. The van der Waals surface area contributed by atoms with Gasteiger partial charge in [-0.25, -0.2) is 0 Å². The fourth-order valence-electron chi connectivity index (χ4n) is 1.22. The van der Waals surface area contributed by atoms with Crippen LogP contribution >= 0.6 is 22.6 Å². The number of alkyl halides is 1. The van der Waals surface area contributed by atoms with Gasteiger partial charge in [-0.3, -0.25) is 0 Å². The Hall–Kier alpha value is 0.730. The molecule has 0 saturated carbocycles. The number of halogens is 1. The van der Waals surface area contributed by atoms with Crippen LogP contribution in [-0.4, -0.2) is 4.43 Å².